The van der Waals surface area contributed by atoms with Crippen molar-refractivity contribution >= 4 is 0 Å². The van der Waals surface area contributed by atoms with Crippen LogP contribution in [0.15, 0.2) is 0 Å². The highest BCUT2D eigenvalue weighted by molar-refractivity contribution is 4.85. The van der Waals surface area contributed by atoms with E-state index in [1.807, 2.05) is 0 Å². The fourth-order valence-electron chi connectivity index (χ4n) is 1.22. The van der Waals surface area contributed by atoms with Crippen molar-refractivity contribution < 1.29 is 25.2 Å². The van der Waals surface area contributed by atoms with E-state index in [9.17, 15) is 15.3 Å². The van der Waals surface area contributed by atoms with Gasteiger partial charge in [0.25, 0.3) is 0 Å². The fraction of sp³-hybridized carbons (Fsp3) is 1.00. The quantitative estimate of drug-likeness (QED) is 0.409. The summed E-state index contributed by atoms with van der Waals surface area (Å²) >= 11 is 0. The minimum absolute atomic E-state index is 0.455. The summed E-state index contributed by atoms with van der Waals surface area (Å²) < 4.78 is 4.71. The molecule has 12 heavy (non-hydrogen) atoms. The van der Waals surface area contributed by atoms with Gasteiger partial charge in [-0.05, 0) is 12.2 Å². The Morgan fingerprint density at radius 1 is 1.33 bits per heavy atom. The minimum Gasteiger partial charge on any atom is -0.831 e. The molecule has 72 valence electrons. The summed E-state index contributed by atoms with van der Waals surface area (Å²) in [6, 6.07) is 0. The van der Waals surface area contributed by atoms with Crippen molar-refractivity contribution in [2.45, 2.75) is 31.5 Å². The van der Waals surface area contributed by atoms with Gasteiger partial charge in [0.1, 0.15) is 12.2 Å². The van der Waals surface area contributed by atoms with Crippen LogP contribution in [0.2, 0.25) is 0 Å². The molecular formula is C7H13O5-. The van der Waals surface area contributed by atoms with Crippen LogP contribution < -0.4 is 5.11 Å². The van der Waals surface area contributed by atoms with Crippen LogP contribution in [0, 0.1) is 5.92 Å². The van der Waals surface area contributed by atoms with Crippen LogP contribution in [-0.4, -0.2) is 46.5 Å². The zero-order valence-corrected chi connectivity index (χ0v) is 6.75. The lowest BCUT2D eigenvalue weighted by atomic mass is 9.93. The number of rotatable bonds is 1. The van der Waals surface area contributed by atoms with E-state index in [1.165, 1.54) is 6.92 Å². The van der Waals surface area contributed by atoms with E-state index >= 15 is 0 Å². The van der Waals surface area contributed by atoms with E-state index < -0.39 is 37.1 Å². The minimum atomic E-state index is -1.37. The molecule has 1 fully saturated rings. The lowest BCUT2D eigenvalue weighted by Crippen LogP contribution is -2.58. The van der Waals surface area contributed by atoms with Crippen LogP contribution in [-0.2, 0) is 4.74 Å². The lowest BCUT2D eigenvalue weighted by molar-refractivity contribution is -0.527. The first-order valence-corrected chi connectivity index (χ1v) is 3.86. The first-order chi connectivity index (χ1) is 5.57. The molecule has 0 saturated carbocycles. The molecule has 0 radical (unpaired) electrons. The smallest absolute Gasteiger partial charge is 0.108 e. The van der Waals surface area contributed by atoms with Crippen molar-refractivity contribution in [1.29, 1.82) is 0 Å². The van der Waals surface area contributed by atoms with Crippen LogP contribution in [0.25, 0.3) is 0 Å². The molecule has 0 spiro atoms. The molecule has 5 atom stereocenters. The second-order valence-electron chi connectivity index (χ2n) is 3.07. The molecule has 1 rings (SSSR count). The van der Waals surface area contributed by atoms with Crippen molar-refractivity contribution in [1.82, 2.24) is 0 Å². The summed E-state index contributed by atoms with van der Waals surface area (Å²) in [6.07, 6.45) is -4.62. The Morgan fingerprint density at radius 3 is 2.42 bits per heavy atom. The highest BCUT2D eigenvalue weighted by Crippen LogP contribution is 2.22. The van der Waals surface area contributed by atoms with Crippen LogP contribution >= 0.6 is 0 Å². The monoisotopic (exact) mass is 177 g/mol. The zero-order chi connectivity index (χ0) is 9.30. The number of aliphatic hydroxyl groups is 3. The maximum absolute atomic E-state index is 11.0. The van der Waals surface area contributed by atoms with Gasteiger partial charge in [0.15, 0.2) is 0 Å². The zero-order valence-electron chi connectivity index (χ0n) is 6.75. The number of aliphatic hydroxyl groups excluding tert-OH is 3. The van der Waals surface area contributed by atoms with E-state index in [-0.39, 0.29) is 0 Å². The van der Waals surface area contributed by atoms with E-state index in [0.717, 1.165) is 0 Å². The summed E-state index contributed by atoms with van der Waals surface area (Å²) in [4.78, 5) is 0. The third kappa shape index (κ3) is 1.60. The number of ether oxygens (including phenoxy) is 1. The Balaban J connectivity index is 2.63. The Morgan fingerprint density at radius 2 is 1.92 bits per heavy atom. The Hall–Kier alpha value is -0.200. The van der Waals surface area contributed by atoms with Crippen molar-refractivity contribution in [2.24, 2.45) is 5.92 Å². The fourth-order valence-corrected chi connectivity index (χ4v) is 1.22. The van der Waals surface area contributed by atoms with Gasteiger partial charge in [0.2, 0.25) is 0 Å². The van der Waals surface area contributed by atoms with Crippen molar-refractivity contribution in [3.05, 3.63) is 0 Å². The van der Waals surface area contributed by atoms with E-state index in [2.05, 4.69) is 0 Å². The molecular weight excluding hydrogens is 164 g/mol. The van der Waals surface area contributed by atoms with Crippen LogP contribution in [0.1, 0.15) is 6.92 Å². The summed E-state index contributed by atoms with van der Waals surface area (Å²) in [5, 5.41) is 38.2. The van der Waals surface area contributed by atoms with Crippen molar-refractivity contribution in [3.8, 4) is 0 Å². The van der Waals surface area contributed by atoms with E-state index in [4.69, 9.17) is 9.84 Å². The predicted molar refractivity (Wildman–Crippen MR) is 36.9 cm³/mol. The third-order valence-electron chi connectivity index (χ3n) is 2.19. The average molecular weight is 177 g/mol. The molecule has 1 unspecified atom stereocenters. The number of hydrogen-bond acceptors (Lipinski definition) is 5. The standard InChI is InChI=1S/C7H13O5/c1-3-5(9)6(10)4(2-8)12-7(3)11/h3-10H,2H2,1H3/q-1/t3-,4-,5-,6-,7?/m1/s1. The highest BCUT2D eigenvalue weighted by Gasteiger charge is 2.37. The van der Waals surface area contributed by atoms with Crippen LogP contribution in [0.4, 0.5) is 0 Å². The molecule has 0 bridgehead atoms. The van der Waals surface area contributed by atoms with Gasteiger partial charge in [-0.1, -0.05) is 6.92 Å². The molecule has 1 aliphatic rings. The van der Waals surface area contributed by atoms with E-state index in [0.29, 0.717) is 0 Å². The molecule has 3 N–H and O–H groups in total. The molecule has 0 aromatic carbocycles. The number of hydrogen-bond donors (Lipinski definition) is 3. The summed E-state index contributed by atoms with van der Waals surface area (Å²) in [6.45, 7) is 1.04. The molecule has 1 saturated heterocycles. The second-order valence-corrected chi connectivity index (χ2v) is 3.07. The first kappa shape index (κ1) is 9.88. The van der Waals surface area contributed by atoms with Gasteiger partial charge < -0.3 is 25.2 Å². The molecule has 0 aliphatic carbocycles. The maximum Gasteiger partial charge on any atom is 0.108 e. The molecule has 1 heterocycles. The highest BCUT2D eigenvalue weighted by atomic mass is 16.6. The molecule has 5 heteroatoms. The van der Waals surface area contributed by atoms with Crippen LogP contribution in [0.3, 0.4) is 0 Å². The Kier molecular flexibility index (Phi) is 3.03. The van der Waals surface area contributed by atoms with Crippen LogP contribution in [0.5, 0.6) is 0 Å². The van der Waals surface area contributed by atoms with E-state index in [1.54, 1.807) is 0 Å². The molecule has 0 aromatic rings. The maximum atomic E-state index is 11.0. The Labute approximate surface area is 70.2 Å². The Bertz CT molecular complexity index is 146. The van der Waals surface area contributed by atoms with Gasteiger partial charge in [-0.2, -0.15) is 0 Å². The largest absolute Gasteiger partial charge is 0.831 e. The SMILES string of the molecule is C[C@H]1C([O-])O[C@H](CO)[C@@H](O)[C@@H]1O. The van der Waals surface area contributed by atoms with Gasteiger partial charge in [-0.3, -0.25) is 0 Å². The average Bonchev–Trinajstić information content (AvgIpc) is 2.08. The summed E-state index contributed by atoms with van der Waals surface area (Å²) in [7, 11) is 0. The molecule has 0 amide bonds. The third-order valence-corrected chi connectivity index (χ3v) is 2.19. The van der Waals surface area contributed by atoms with Gasteiger partial charge in [-0.15, -0.1) is 0 Å². The van der Waals surface area contributed by atoms with Gasteiger partial charge in [-0.25, -0.2) is 0 Å². The summed E-state index contributed by atoms with van der Waals surface area (Å²) in [5.74, 6) is -0.650. The molecule has 1 aliphatic heterocycles. The normalized spacial score (nSPS) is 49.2. The molecule has 0 aromatic heterocycles. The first-order valence-electron chi connectivity index (χ1n) is 3.86. The van der Waals surface area contributed by atoms with Gasteiger partial charge in [0, 0.05) is 0 Å². The van der Waals surface area contributed by atoms with Crippen molar-refractivity contribution in [2.75, 3.05) is 6.61 Å². The van der Waals surface area contributed by atoms with Crippen molar-refractivity contribution in [3.63, 3.8) is 0 Å². The van der Waals surface area contributed by atoms with Gasteiger partial charge >= 0.3 is 0 Å². The summed E-state index contributed by atoms with van der Waals surface area (Å²) in [5.41, 5.74) is 0. The topological polar surface area (TPSA) is 93.0 Å². The second kappa shape index (κ2) is 3.68. The van der Waals surface area contributed by atoms with Gasteiger partial charge in [0.05, 0.1) is 12.7 Å². The lowest BCUT2D eigenvalue weighted by Gasteiger charge is -2.44. The predicted octanol–water partition coefficient (Wildman–Crippen LogP) is -2.58. The molecule has 5 nitrogen and oxygen atoms in total.